The van der Waals surface area contributed by atoms with Crippen molar-refractivity contribution in [3.63, 3.8) is 0 Å². The van der Waals surface area contributed by atoms with Crippen LogP contribution >= 0.6 is 0 Å². The maximum absolute atomic E-state index is 11.3. The Morgan fingerprint density at radius 1 is 0.960 bits per heavy atom. The molecule has 0 saturated heterocycles. The SMILES string of the molecule is CN(C)CCN(C)CCOc1ccc(-c2cccc(C(N)=O)c2)cc1. The van der Waals surface area contributed by atoms with Crippen molar-refractivity contribution in [2.24, 2.45) is 5.73 Å². The van der Waals surface area contributed by atoms with E-state index in [9.17, 15) is 4.79 Å². The summed E-state index contributed by atoms with van der Waals surface area (Å²) in [6.45, 7) is 3.59. The molecule has 0 aliphatic rings. The predicted octanol–water partition coefficient (Wildman–Crippen LogP) is 2.32. The van der Waals surface area contributed by atoms with Crippen molar-refractivity contribution in [3.8, 4) is 16.9 Å². The number of nitrogens with two attached hydrogens (primary N) is 1. The highest BCUT2D eigenvalue weighted by atomic mass is 16.5. The molecule has 2 aromatic carbocycles. The van der Waals surface area contributed by atoms with Gasteiger partial charge in [0.25, 0.3) is 0 Å². The number of ether oxygens (including phenoxy) is 1. The molecule has 0 aromatic heterocycles. The lowest BCUT2D eigenvalue weighted by Gasteiger charge is -2.19. The van der Waals surface area contributed by atoms with Crippen LogP contribution in [-0.2, 0) is 0 Å². The number of nitrogens with zero attached hydrogens (tertiary/aromatic N) is 2. The fourth-order valence-corrected chi connectivity index (χ4v) is 2.40. The number of hydrogen-bond donors (Lipinski definition) is 1. The molecule has 0 spiro atoms. The van der Waals surface area contributed by atoms with Crippen LogP contribution in [0.4, 0.5) is 0 Å². The summed E-state index contributed by atoms with van der Waals surface area (Å²) in [5.74, 6) is 0.427. The summed E-state index contributed by atoms with van der Waals surface area (Å²) in [7, 11) is 6.25. The van der Waals surface area contributed by atoms with Gasteiger partial charge in [0.2, 0.25) is 5.91 Å². The fraction of sp³-hybridized carbons (Fsp3) is 0.350. The minimum absolute atomic E-state index is 0.416. The van der Waals surface area contributed by atoms with E-state index < -0.39 is 5.91 Å². The summed E-state index contributed by atoms with van der Waals surface area (Å²) in [6.07, 6.45) is 0. The van der Waals surface area contributed by atoms with Crippen molar-refractivity contribution in [1.82, 2.24) is 9.80 Å². The van der Waals surface area contributed by atoms with E-state index in [-0.39, 0.29) is 0 Å². The van der Waals surface area contributed by atoms with Crippen LogP contribution in [0.2, 0.25) is 0 Å². The number of rotatable bonds is 9. The molecule has 5 nitrogen and oxygen atoms in total. The first-order valence-electron chi connectivity index (χ1n) is 8.42. The van der Waals surface area contributed by atoms with Crippen molar-refractivity contribution in [1.29, 1.82) is 0 Å². The number of benzene rings is 2. The molecule has 25 heavy (non-hydrogen) atoms. The van der Waals surface area contributed by atoms with Gasteiger partial charge in [0.15, 0.2) is 0 Å². The summed E-state index contributed by atoms with van der Waals surface area (Å²) in [5, 5.41) is 0. The Kier molecular flexibility index (Phi) is 6.98. The number of carbonyl (C=O) groups excluding carboxylic acids is 1. The van der Waals surface area contributed by atoms with Gasteiger partial charge in [0, 0.05) is 25.2 Å². The number of hydrogen-bond acceptors (Lipinski definition) is 4. The highest BCUT2D eigenvalue weighted by Crippen LogP contribution is 2.23. The summed E-state index contributed by atoms with van der Waals surface area (Å²) in [5.41, 5.74) is 7.84. The molecule has 0 aliphatic carbocycles. The van der Waals surface area contributed by atoms with Gasteiger partial charge in [0.1, 0.15) is 12.4 Å². The Balaban J connectivity index is 1.88. The van der Waals surface area contributed by atoms with Gasteiger partial charge in [-0.2, -0.15) is 0 Å². The Morgan fingerprint density at radius 2 is 1.68 bits per heavy atom. The van der Waals surface area contributed by atoms with Gasteiger partial charge in [-0.15, -0.1) is 0 Å². The Morgan fingerprint density at radius 3 is 2.32 bits per heavy atom. The minimum Gasteiger partial charge on any atom is -0.492 e. The first-order valence-corrected chi connectivity index (χ1v) is 8.42. The molecular formula is C20H27N3O2. The molecule has 0 atom stereocenters. The highest BCUT2D eigenvalue weighted by molar-refractivity contribution is 5.94. The molecule has 5 heteroatoms. The van der Waals surface area contributed by atoms with Gasteiger partial charge in [-0.1, -0.05) is 24.3 Å². The van der Waals surface area contributed by atoms with Crippen molar-refractivity contribution in [2.45, 2.75) is 0 Å². The lowest BCUT2D eigenvalue weighted by Crippen LogP contribution is -2.31. The average molecular weight is 341 g/mol. The molecule has 2 aromatic rings. The molecule has 0 saturated carbocycles. The molecule has 0 aliphatic heterocycles. The monoisotopic (exact) mass is 341 g/mol. The van der Waals surface area contributed by atoms with Gasteiger partial charge in [-0.25, -0.2) is 0 Å². The van der Waals surface area contributed by atoms with Crippen molar-refractivity contribution < 1.29 is 9.53 Å². The summed E-state index contributed by atoms with van der Waals surface area (Å²) in [6, 6.07) is 15.2. The van der Waals surface area contributed by atoms with Gasteiger partial charge in [-0.05, 0) is 56.5 Å². The Labute approximate surface area is 150 Å². The van der Waals surface area contributed by atoms with E-state index in [0.29, 0.717) is 12.2 Å². The zero-order valence-corrected chi connectivity index (χ0v) is 15.2. The van der Waals surface area contributed by atoms with Gasteiger partial charge in [0.05, 0.1) is 0 Å². The minimum atomic E-state index is -0.416. The van der Waals surface area contributed by atoms with Crippen molar-refractivity contribution in [3.05, 3.63) is 54.1 Å². The summed E-state index contributed by atoms with van der Waals surface area (Å²) in [4.78, 5) is 15.7. The quantitative estimate of drug-likeness (QED) is 0.760. The van der Waals surface area contributed by atoms with Gasteiger partial charge in [-0.3, -0.25) is 4.79 Å². The molecule has 0 radical (unpaired) electrons. The van der Waals surface area contributed by atoms with Crippen LogP contribution in [0.5, 0.6) is 5.75 Å². The number of carbonyl (C=O) groups is 1. The third-order valence-corrected chi connectivity index (χ3v) is 4.01. The molecule has 1 amide bonds. The van der Waals surface area contributed by atoms with E-state index in [1.54, 1.807) is 12.1 Å². The first kappa shape index (κ1) is 19.0. The number of primary amides is 1. The van der Waals surface area contributed by atoms with Crippen LogP contribution in [0.3, 0.4) is 0 Å². The van der Waals surface area contributed by atoms with Crippen LogP contribution in [0.15, 0.2) is 48.5 Å². The third-order valence-electron chi connectivity index (χ3n) is 4.01. The molecule has 0 heterocycles. The van der Waals surface area contributed by atoms with Gasteiger partial charge >= 0.3 is 0 Å². The van der Waals surface area contributed by atoms with E-state index in [1.165, 1.54) is 0 Å². The van der Waals surface area contributed by atoms with E-state index >= 15 is 0 Å². The molecule has 0 unspecified atom stereocenters. The second-order valence-corrected chi connectivity index (χ2v) is 6.42. The van der Waals surface area contributed by atoms with Crippen LogP contribution in [0.25, 0.3) is 11.1 Å². The zero-order valence-electron chi connectivity index (χ0n) is 15.2. The van der Waals surface area contributed by atoms with E-state index in [1.807, 2.05) is 36.4 Å². The second-order valence-electron chi connectivity index (χ2n) is 6.42. The standard InChI is InChI=1S/C20H27N3O2/c1-22(2)11-12-23(3)13-14-25-19-9-7-16(8-10-19)17-5-4-6-18(15-17)20(21)24/h4-10,15H,11-14H2,1-3H3,(H2,21,24). The van der Waals surface area contributed by atoms with Crippen LogP contribution < -0.4 is 10.5 Å². The Hall–Kier alpha value is -2.37. The van der Waals surface area contributed by atoms with Crippen LogP contribution in [-0.4, -0.2) is 63.1 Å². The highest BCUT2D eigenvalue weighted by Gasteiger charge is 2.04. The van der Waals surface area contributed by atoms with Crippen LogP contribution in [0.1, 0.15) is 10.4 Å². The largest absolute Gasteiger partial charge is 0.492 e. The fourth-order valence-electron chi connectivity index (χ4n) is 2.40. The number of likely N-dealkylation sites (N-methyl/N-ethyl adjacent to an activating group) is 2. The lowest BCUT2D eigenvalue weighted by molar-refractivity contribution is 0.100. The smallest absolute Gasteiger partial charge is 0.248 e. The molecular weight excluding hydrogens is 314 g/mol. The summed E-state index contributed by atoms with van der Waals surface area (Å²) < 4.78 is 5.81. The maximum atomic E-state index is 11.3. The average Bonchev–Trinajstić information content (AvgIpc) is 2.60. The summed E-state index contributed by atoms with van der Waals surface area (Å²) >= 11 is 0. The van der Waals surface area contributed by atoms with Gasteiger partial charge < -0.3 is 20.3 Å². The first-order chi connectivity index (χ1) is 12.0. The topological polar surface area (TPSA) is 58.8 Å². The van der Waals surface area contributed by atoms with Crippen molar-refractivity contribution >= 4 is 5.91 Å². The third kappa shape index (κ3) is 6.21. The number of amides is 1. The normalized spacial score (nSPS) is 11.1. The lowest BCUT2D eigenvalue weighted by atomic mass is 10.0. The van der Waals surface area contributed by atoms with Crippen molar-refractivity contribution in [2.75, 3.05) is 47.4 Å². The molecule has 2 rings (SSSR count). The second kappa shape index (κ2) is 9.20. The zero-order chi connectivity index (χ0) is 18.2. The molecule has 134 valence electrons. The van der Waals surface area contributed by atoms with E-state index in [2.05, 4.69) is 30.9 Å². The maximum Gasteiger partial charge on any atom is 0.248 e. The van der Waals surface area contributed by atoms with E-state index in [4.69, 9.17) is 10.5 Å². The molecule has 0 fully saturated rings. The molecule has 0 bridgehead atoms. The Bertz CT molecular complexity index is 684. The van der Waals surface area contributed by atoms with E-state index in [0.717, 1.165) is 36.5 Å². The predicted molar refractivity (Wildman–Crippen MR) is 102 cm³/mol. The van der Waals surface area contributed by atoms with Crippen LogP contribution in [0, 0.1) is 0 Å². The molecule has 2 N–H and O–H groups in total.